The van der Waals surface area contributed by atoms with Crippen LogP contribution in [0.4, 0.5) is 18.0 Å². The number of hydrogen-bond donors (Lipinski definition) is 1. The standard InChI is InChI=1S/C17H22F3NO3/c1-16(2,3)24-15(23)21-9-8-13(14(22)10-21)11-4-6-12(7-5-11)17(18,19)20/h4-7,13-14,22H,8-10H2,1-3H3/t13-,14-/m0/s1. The van der Waals surface area contributed by atoms with E-state index in [4.69, 9.17) is 4.74 Å². The van der Waals surface area contributed by atoms with Crippen molar-refractivity contribution in [3.8, 4) is 0 Å². The fraction of sp³-hybridized carbons (Fsp3) is 0.588. The number of aliphatic hydroxyl groups excluding tert-OH is 1. The summed E-state index contributed by atoms with van der Waals surface area (Å²) < 4.78 is 43.1. The Morgan fingerprint density at radius 3 is 2.25 bits per heavy atom. The predicted molar refractivity (Wildman–Crippen MR) is 82.6 cm³/mol. The number of rotatable bonds is 1. The smallest absolute Gasteiger partial charge is 0.416 e. The maximum absolute atomic E-state index is 12.6. The Hall–Kier alpha value is -1.76. The first-order chi connectivity index (χ1) is 11.0. The van der Waals surface area contributed by atoms with Crippen molar-refractivity contribution in [1.82, 2.24) is 4.90 Å². The fourth-order valence-corrected chi connectivity index (χ4v) is 2.73. The second-order valence-electron chi connectivity index (χ2n) is 7.01. The van der Waals surface area contributed by atoms with E-state index in [0.29, 0.717) is 18.5 Å². The number of piperidine rings is 1. The highest BCUT2D eigenvalue weighted by Crippen LogP contribution is 2.33. The number of carbonyl (C=O) groups is 1. The third-order valence-corrected chi connectivity index (χ3v) is 3.90. The molecule has 0 unspecified atom stereocenters. The van der Waals surface area contributed by atoms with Gasteiger partial charge in [-0.05, 0) is 44.9 Å². The number of halogens is 3. The first-order valence-electron chi connectivity index (χ1n) is 7.80. The minimum absolute atomic E-state index is 0.0978. The molecule has 24 heavy (non-hydrogen) atoms. The van der Waals surface area contributed by atoms with Crippen LogP contribution in [0.15, 0.2) is 24.3 Å². The Balaban J connectivity index is 2.02. The number of nitrogens with zero attached hydrogens (tertiary/aromatic N) is 1. The number of alkyl halides is 3. The molecule has 0 bridgehead atoms. The molecule has 0 radical (unpaired) electrons. The lowest BCUT2D eigenvalue weighted by atomic mass is 9.87. The van der Waals surface area contributed by atoms with Crippen molar-refractivity contribution in [2.75, 3.05) is 13.1 Å². The molecule has 0 aromatic heterocycles. The quantitative estimate of drug-likeness (QED) is 0.842. The van der Waals surface area contributed by atoms with Gasteiger partial charge in [-0.25, -0.2) is 4.79 Å². The number of likely N-dealkylation sites (tertiary alicyclic amines) is 1. The Morgan fingerprint density at radius 1 is 1.21 bits per heavy atom. The van der Waals surface area contributed by atoms with Crippen LogP contribution in [-0.4, -0.2) is 40.9 Å². The lowest BCUT2D eigenvalue weighted by Gasteiger charge is -2.37. The maximum atomic E-state index is 12.6. The Morgan fingerprint density at radius 2 is 1.79 bits per heavy atom. The average Bonchev–Trinajstić information content (AvgIpc) is 2.44. The molecule has 2 atom stereocenters. The van der Waals surface area contributed by atoms with Gasteiger partial charge in [-0.2, -0.15) is 13.2 Å². The van der Waals surface area contributed by atoms with E-state index in [1.807, 2.05) is 0 Å². The molecule has 0 saturated carbocycles. The van der Waals surface area contributed by atoms with E-state index in [0.717, 1.165) is 12.1 Å². The molecule has 1 fully saturated rings. The van der Waals surface area contributed by atoms with E-state index < -0.39 is 29.5 Å². The van der Waals surface area contributed by atoms with Gasteiger partial charge in [0.25, 0.3) is 0 Å². The van der Waals surface area contributed by atoms with Crippen LogP contribution in [0.1, 0.15) is 44.2 Å². The normalized spacial score (nSPS) is 22.4. The lowest BCUT2D eigenvalue weighted by Crippen LogP contribution is -2.47. The summed E-state index contributed by atoms with van der Waals surface area (Å²) >= 11 is 0. The third-order valence-electron chi connectivity index (χ3n) is 3.90. The molecule has 7 heteroatoms. The molecular weight excluding hydrogens is 323 g/mol. The van der Waals surface area contributed by atoms with E-state index in [2.05, 4.69) is 0 Å². The van der Waals surface area contributed by atoms with Crippen LogP contribution in [0.2, 0.25) is 0 Å². The van der Waals surface area contributed by atoms with Crippen LogP contribution in [0, 0.1) is 0 Å². The number of aliphatic hydroxyl groups is 1. The number of β-amino-alcohol motifs (C(OH)–C–C–N with tert-alkyl or cyclic N) is 1. The molecule has 4 nitrogen and oxygen atoms in total. The third kappa shape index (κ3) is 4.63. The largest absolute Gasteiger partial charge is 0.444 e. The maximum Gasteiger partial charge on any atom is 0.416 e. The zero-order chi connectivity index (χ0) is 18.1. The van der Waals surface area contributed by atoms with Gasteiger partial charge in [-0.3, -0.25) is 0 Å². The average molecular weight is 345 g/mol. The van der Waals surface area contributed by atoms with Gasteiger partial charge in [0.2, 0.25) is 0 Å². The number of ether oxygens (including phenoxy) is 1. The van der Waals surface area contributed by atoms with Crippen LogP contribution in [0.3, 0.4) is 0 Å². The number of benzene rings is 1. The van der Waals surface area contributed by atoms with E-state index >= 15 is 0 Å². The van der Waals surface area contributed by atoms with Crippen molar-refractivity contribution in [3.63, 3.8) is 0 Å². The molecule has 1 aromatic rings. The van der Waals surface area contributed by atoms with Gasteiger partial charge in [0.15, 0.2) is 0 Å². The first kappa shape index (κ1) is 18.6. The summed E-state index contributed by atoms with van der Waals surface area (Å²) in [7, 11) is 0. The molecule has 134 valence electrons. The van der Waals surface area contributed by atoms with Crippen molar-refractivity contribution in [1.29, 1.82) is 0 Å². The number of amides is 1. The highest BCUT2D eigenvalue weighted by molar-refractivity contribution is 5.68. The summed E-state index contributed by atoms with van der Waals surface area (Å²) in [6.45, 7) is 5.76. The Kier molecular flexibility index (Phi) is 5.13. The van der Waals surface area contributed by atoms with Gasteiger partial charge in [-0.15, -0.1) is 0 Å². The molecule has 1 N–H and O–H groups in total. The monoisotopic (exact) mass is 345 g/mol. The van der Waals surface area contributed by atoms with Gasteiger partial charge in [0.1, 0.15) is 5.60 Å². The van der Waals surface area contributed by atoms with Gasteiger partial charge in [0, 0.05) is 12.5 Å². The van der Waals surface area contributed by atoms with Crippen molar-refractivity contribution >= 4 is 6.09 Å². The topological polar surface area (TPSA) is 49.8 Å². The zero-order valence-electron chi connectivity index (χ0n) is 13.9. The molecule has 1 heterocycles. The van der Waals surface area contributed by atoms with Crippen LogP contribution in [0.5, 0.6) is 0 Å². The first-order valence-corrected chi connectivity index (χ1v) is 7.80. The van der Waals surface area contributed by atoms with E-state index in [1.165, 1.54) is 17.0 Å². The lowest BCUT2D eigenvalue weighted by molar-refractivity contribution is -0.137. The summed E-state index contributed by atoms with van der Waals surface area (Å²) in [5.41, 5.74) is -0.696. The second-order valence-corrected chi connectivity index (χ2v) is 7.01. The van der Waals surface area contributed by atoms with Crippen molar-refractivity contribution < 1.29 is 27.8 Å². The van der Waals surface area contributed by atoms with Crippen molar-refractivity contribution in [2.45, 2.75) is 51.0 Å². The van der Waals surface area contributed by atoms with Crippen LogP contribution >= 0.6 is 0 Å². The van der Waals surface area contributed by atoms with Gasteiger partial charge < -0.3 is 14.7 Å². The van der Waals surface area contributed by atoms with Crippen molar-refractivity contribution in [2.24, 2.45) is 0 Å². The van der Waals surface area contributed by atoms with E-state index in [-0.39, 0.29) is 12.5 Å². The second kappa shape index (κ2) is 6.63. The number of carbonyl (C=O) groups excluding carboxylic acids is 1. The zero-order valence-corrected chi connectivity index (χ0v) is 13.9. The Bertz CT molecular complexity index is 578. The summed E-state index contributed by atoms with van der Waals surface area (Å²) in [6.07, 6.45) is -5.25. The minimum Gasteiger partial charge on any atom is -0.444 e. The summed E-state index contributed by atoms with van der Waals surface area (Å²) in [6, 6.07) is 4.81. The molecule has 1 aromatic carbocycles. The van der Waals surface area contributed by atoms with Crippen LogP contribution in [-0.2, 0) is 10.9 Å². The van der Waals surface area contributed by atoms with Gasteiger partial charge in [0.05, 0.1) is 18.2 Å². The SMILES string of the molecule is CC(C)(C)OC(=O)N1CC[C@@H](c2ccc(C(F)(F)F)cc2)[C@@H](O)C1. The predicted octanol–water partition coefficient (Wildman–Crippen LogP) is 3.79. The summed E-state index contributed by atoms with van der Waals surface area (Å²) in [4.78, 5) is 13.5. The molecule has 0 aliphatic carbocycles. The molecular formula is C17H22F3NO3. The van der Waals surface area contributed by atoms with Crippen LogP contribution in [0.25, 0.3) is 0 Å². The molecule has 0 spiro atoms. The molecule has 2 rings (SSSR count). The van der Waals surface area contributed by atoms with Crippen molar-refractivity contribution in [3.05, 3.63) is 35.4 Å². The number of hydrogen-bond acceptors (Lipinski definition) is 3. The molecule has 1 amide bonds. The highest BCUT2D eigenvalue weighted by atomic mass is 19.4. The summed E-state index contributed by atoms with van der Waals surface area (Å²) in [5, 5.41) is 10.3. The molecule has 1 saturated heterocycles. The fourth-order valence-electron chi connectivity index (χ4n) is 2.73. The minimum atomic E-state index is -4.38. The highest BCUT2D eigenvalue weighted by Gasteiger charge is 2.34. The summed E-state index contributed by atoms with van der Waals surface area (Å²) in [5.74, 6) is -0.300. The van der Waals surface area contributed by atoms with E-state index in [9.17, 15) is 23.1 Å². The Labute approximate surface area is 139 Å². The molecule has 1 aliphatic rings. The molecule has 1 aliphatic heterocycles. The van der Waals surface area contributed by atoms with Gasteiger partial charge >= 0.3 is 12.3 Å². The van der Waals surface area contributed by atoms with E-state index in [1.54, 1.807) is 20.8 Å². The van der Waals surface area contributed by atoms with Crippen LogP contribution < -0.4 is 0 Å². The van der Waals surface area contributed by atoms with Gasteiger partial charge in [-0.1, -0.05) is 12.1 Å².